The number of benzene rings is 1. The first-order valence-electron chi connectivity index (χ1n) is 8.39. The van der Waals surface area contributed by atoms with Gasteiger partial charge in [-0.25, -0.2) is 4.68 Å². The van der Waals surface area contributed by atoms with Gasteiger partial charge in [-0.3, -0.25) is 4.79 Å². The summed E-state index contributed by atoms with van der Waals surface area (Å²) in [6.07, 6.45) is 4.84. The molecule has 6 heteroatoms. The van der Waals surface area contributed by atoms with Crippen LogP contribution in [0.5, 0.6) is 5.75 Å². The van der Waals surface area contributed by atoms with Crippen LogP contribution in [-0.2, 0) is 0 Å². The van der Waals surface area contributed by atoms with Crippen LogP contribution in [0.25, 0.3) is 5.69 Å². The van der Waals surface area contributed by atoms with Crippen molar-refractivity contribution < 1.29 is 9.53 Å². The second-order valence-electron chi connectivity index (χ2n) is 6.17. The Morgan fingerprint density at radius 2 is 2.21 bits per heavy atom. The van der Waals surface area contributed by atoms with Gasteiger partial charge in [-0.05, 0) is 63.0 Å². The van der Waals surface area contributed by atoms with E-state index in [0.29, 0.717) is 5.69 Å². The number of aromatic nitrogens is 2. The van der Waals surface area contributed by atoms with E-state index in [9.17, 15) is 4.79 Å². The van der Waals surface area contributed by atoms with E-state index < -0.39 is 0 Å². The number of hydrogen-bond donors (Lipinski definition) is 2. The number of nitrogens with one attached hydrogen (secondary N) is 2. The molecule has 1 amide bonds. The van der Waals surface area contributed by atoms with E-state index in [0.717, 1.165) is 49.4 Å². The summed E-state index contributed by atoms with van der Waals surface area (Å²) in [5, 5.41) is 10.9. The lowest BCUT2D eigenvalue weighted by Crippen LogP contribution is -2.35. The molecule has 128 valence electrons. The molecular formula is C18H24N4O2. The fourth-order valence-corrected chi connectivity index (χ4v) is 2.98. The van der Waals surface area contributed by atoms with Crippen LogP contribution in [0.1, 0.15) is 35.3 Å². The average molecular weight is 328 g/mol. The fourth-order valence-electron chi connectivity index (χ4n) is 2.98. The van der Waals surface area contributed by atoms with Gasteiger partial charge < -0.3 is 15.4 Å². The van der Waals surface area contributed by atoms with Crippen molar-refractivity contribution in [3.63, 3.8) is 0 Å². The summed E-state index contributed by atoms with van der Waals surface area (Å²) >= 11 is 0. The molecule has 1 unspecified atom stereocenters. The van der Waals surface area contributed by atoms with Gasteiger partial charge >= 0.3 is 0 Å². The Balaban J connectivity index is 1.75. The third-order valence-corrected chi connectivity index (χ3v) is 4.31. The second-order valence-corrected chi connectivity index (χ2v) is 6.17. The molecule has 1 aromatic carbocycles. The Morgan fingerprint density at radius 1 is 1.33 bits per heavy atom. The van der Waals surface area contributed by atoms with Crippen molar-refractivity contribution in [2.24, 2.45) is 0 Å². The van der Waals surface area contributed by atoms with Crippen LogP contribution in [0.15, 0.2) is 30.5 Å². The summed E-state index contributed by atoms with van der Waals surface area (Å²) in [6, 6.07) is 7.84. The lowest BCUT2D eigenvalue weighted by Gasteiger charge is -2.14. The van der Waals surface area contributed by atoms with E-state index in [1.54, 1.807) is 24.1 Å². The van der Waals surface area contributed by atoms with Crippen LogP contribution in [0.2, 0.25) is 0 Å². The number of carbonyl (C=O) groups excluding carboxylic acids is 1. The SMILES string of the molecule is COc1ccc(C)cc1-n1ccc(C(=O)NC2CCCNCC2)n1. The Kier molecular flexibility index (Phi) is 5.15. The van der Waals surface area contributed by atoms with Crippen LogP contribution in [0.4, 0.5) is 0 Å². The topological polar surface area (TPSA) is 68.2 Å². The van der Waals surface area contributed by atoms with Gasteiger partial charge in [-0.15, -0.1) is 0 Å². The zero-order valence-corrected chi connectivity index (χ0v) is 14.2. The maximum Gasteiger partial charge on any atom is 0.272 e. The molecule has 1 fully saturated rings. The summed E-state index contributed by atoms with van der Waals surface area (Å²) < 4.78 is 7.08. The molecule has 1 aliphatic heterocycles. The van der Waals surface area contributed by atoms with E-state index in [1.807, 2.05) is 25.1 Å². The monoisotopic (exact) mass is 328 g/mol. The Bertz CT molecular complexity index is 703. The van der Waals surface area contributed by atoms with E-state index in [4.69, 9.17) is 4.74 Å². The minimum atomic E-state index is -0.118. The van der Waals surface area contributed by atoms with E-state index in [2.05, 4.69) is 15.7 Å². The van der Waals surface area contributed by atoms with Crippen LogP contribution < -0.4 is 15.4 Å². The molecule has 0 radical (unpaired) electrons. The first-order valence-corrected chi connectivity index (χ1v) is 8.39. The molecule has 0 saturated carbocycles. The summed E-state index contributed by atoms with van der Waals surface area (Å²) in [6.45, 7) is 3.98. The highest BCUT2D eigenvalue weighted by Gasteiger charge is 2.18. The number of nitrogens with zero attached hydrogens (tertiary/aromatic N) is 2. The predicted molar refractivity (Wildman–Crippen MR) is 92.8 cm³/mol. The smallest absolute Gasteiger partial charge is 0.272 e. The standard InChI is InChI=1S/C18H24N4O2/c1-13-5-6-17(24-2)16(12-13)22-11-8-15(21-22)18(23)20-14-4-3-9-19-10-7-14/h5-6,8,11-12,14,19H,3-4,7,9-10H2,1-2H3,(H,20,23). The fraction of sp³-hybridized carbons (Fsp3) is 0.444. The molecule has 2 heterocycles. The second kappa shape index (κ2) is 7.49. The van der Waals surface area contributed by atoms with Gasteiger partial charge in [0.25, 0.3) is 5.91 Å². The largest absolute Gasteiger partial charge is 0.494 e. The number of amides is 1. The van der Waals surface area contributed by atoms with Gasteiger partial charge in [0.15, 0.2) is 5.69 Å². The predicted octanol–water partition coefficient (Wildman–Crippen LogP) is 2.06. The average Bonchev–Trinajstić information content (AvgIpc) is 2.94. The van der Waals surface area contributed by atoms with Crippen molar-refractivity contribution in [1.29, 1.82) is 0 Å². The maximum atomic E-state index is 12.5. The van der Waals surface area contributed by atoms with Crippen molar-refractivity contribution >= 4 is 5.91 Å². The highest BCUT2D eigenvalue weighted by Crippen LogP contribution is 2.23. The van der Waals surface area contributed by atoms with Crippen LogP contribution in [0.3, 0.4) is 0 Å². The maximum absolute atomic E-state index is 12.5. The van der Waals surface area contributed by atoms with E-state index >= 15 is 0 Å². The Labute approximate surface area is 142 Å². The van der Waals surface area contributed by atoms with Crippen LogP contribution >= 0.6 is 0 Å². The molecule has 2 aromatic rings. The molecule has 6 nitrogen and oxygen atoms in total. The number of carbonyl (C=O) groups is 1. The molecule has 1 aromatic heterocycles. The summed E-state index contributed by atoms with van der Waals surface area (Å²) in [7, 11) is 1.63. The molecule has 0 bridgehead atoms. The van der Waals surface area contributed by atoms with E-state index in [-0.39, 0.29) is 11.9 Å². The minimum Gasteiger partial charge on any atom is -0.494 e. The number of methoxy groups -OCH3 is 1. The highest BCUT2D eigenvalue weighted by molar-refractivity contribution is 5.92. The van der Waals surface area contributed by atoms with E-state index in [1.165, 1.54) is 0 Å². The quantitative estimate of drug-likeness (QED) is 0.901. The molecular weight excluding hydrogens is 304 g/mol. The Morgan fingerprint density at radius 3 is 3.04 bits per heavy atom. The van der Waals surface area contributed by atoms with Gasteiger partial charge in [0.05, 0.1) is 7.11 Å². The molecule has 2 N–H and O–H groups in total. The molecule has 24 heavy (non-hydrogen) atoms. The third-order valence-electron chi connectivity index (χ3n) is 4.31. The zero-order chi connectivity index (χ0) is 16.9. The first-order chi connectivity index (χ1) is 11.7. The summed E-state index contributed by atoms with van der Waals surface area (Å²) in [5.41, 5.74) is 2.37. The van der Waals surface area contributed by atoms with Crippen molar-refractivity contribution in [3.8, 4) is 11.4 Å². The number of rotatable bonds is 4. The lowest BCUT2D eigenvalue weighted by atomic mass is 10.1. The minimum absolute atomic E-state index is 0.118. The van der Waals surface area contributed by atoms with Gasteiger partial charge in [-0.2, -0.15) is 5.10 Å². The summed E-state index contributed by atoms with van der Waals surface area (Å²) in [4.78, 5) is 12.5. The highest BCUT2D eigenvalue weighted by atomic mass is 16.5. The third kappa shape index (κ3) is 3.76. The van der Waals surface area contributed by atoms with Crippen molar-refractivity contribution in [2.75, 3.05) is 20.2 Å². The zero-order valence-electron chi connectivity index (χ0n) is 14.2. The molecule has 0 aliphatic carbocycles. The lowest BCUT2D eigenvalue weighted by molar-refractivity contribution is 0.0928. The number of ether oxygens (including phenoxy) is 1. The number of aryl methyl sites for hydroxylation is 1. The van der Waals surface area contributed by atoms with Gasteiger partial charge in [0.2, 0.25) is 0 Å². The Hall–Kier alpha value is -2.34. The molecule has 0 spiro atoms. The number of hydrogen-bond acceptors (Lipinski definition) is 4. The van der Waals surface area contributed by atoms with Crippen molar-refractivity contribution in [1.82, 2.24) is 20.4 Å². The normalized spacial score (nSPS) is 18.0. The molecule has 1 saturated heterocycles. The molecule has 1 aliphatic rings. The van der Waals surface area contributed by atoms with Crippen LogP contribution in [0, 0.1) is 6.92 Å². The van der Waals surface area contributed by atoms with Gasteiger partial charge in [-0.1, -0.05) is 6.07 Å². The molecule has 3 rings (SSSR count). The first kappa shape index (κ1) is 16.5. The summed E-state index contributed by atoms with van der Waals surface area (Å²) in [5.74, 6) is 0.609. The van der Waals surface area contributed by atoms with Crippen LogP contribution in [-0.4, -0.2) is 41.9 Å². The van der Waals surface area contributed by atoms with Crippen molar-refractivity contribution in [3.05, 3.63) is 41.7 Å². The van der Waals surface area contributed by atoms with Gasteiger partial charge in [0.1, 0.15) is 11.4 Å². The van der Waals surface area contributed by atoms with Gasteiger partial charge in [0, 0.05) is 12.2 Å². The van der Waals surface area contributed by atoms with Crippen molar-refractivity contribution in [2.45, 2.75) is 32.2 Å². The molecule has 1 atom stereocenters.